The Morgan fingerprint density at radius 3 is 1.62 bits per heavy atom. The van der Waals surface area contributed by atoms with Gasteiger partial charge in [0.15, 0.2) is 9.84 Å². The number of hydrogen-bond acceptors (Lipinski definition) is 9. The van der Waals surface area contributed by atoms with Crippen LogP contribution in [0.4, 0.5) is 0 Å². The van der Waals surface area contributed by atoms with E-state index in [0.717, 1.165) is 6.26 Å². The molecular weight excluding hydrogens is 364 g/mol. The van der Waals surface area contributed by atoms with Crippen LogP contribution in [-0.4, -0.2) is 64.5 Å². The highest BCUT2D eigenvalue weighted by Crippen LogP contribution is 2.09. The summed E-state index contributed by atoms with van der Waals surface area (Å²) in [6, 6.07) is 0. The normalized spacial score (nSPS) is 14.3. The Bertz CT molecular complexity index is 627. The second-order valence-electron chi connectivity index (χ2n) is 5.10. The zero-order valence-corrected chi connectivity index (χ0v) is 15.7. The van der Waals surface area contributed by atoms with E-state index in [1.165, 1.54) is 0 Å². The van der Waals surface area contributed by atoms with Crippen LogP contribution in [0.2, 0.25) is 19.6 Å². The maximum atomic E-state index is 11.5. The molecule has 0 saturated carbocycles. The van der Waals surface area contributed by atoms with E-state index >= 15 is 0 Å². The summed E-state index contributed by atoms with van der Waals surface area (Å²) in [6.07, 6.45) is 0.795. The molecular formula is C8H20O9S3Si. The Kier molecular flexibility index (Phi) is 7.46. The Labute approximate surface area is 127 Å². The minimum absolute atomic E-state index is 0.528. The fourth-order valence-corrected chi connectivity index (χ4v) is 5.41. The zero-order chi connectivity index (χ0) is 16.9. The fourth-order valence-electron chi connectivity index (χ4n) is 1.01. The molecule has 0 bridgehead atoms. The third-order valence-electron chi connectivity index (χ3n) is 1.67. The first-order valence-electron chi connectivity index (χ1n) is 5.77. The largest absolute Gasteiger partial charge is 0.390 e. The zero-order valence-electron chi connectivity index (χ0n) is 12.2. The van der Waals surface area contributed by atoms with Crippen molar-refractivity contribution in [1.82, 2.24) is 0 Å². The van der Waals surface area contributed by atoms with Gasteiger partial charge in [0.05, 0.1) is 31.0 Å². The Hall–Kier alpha value is -0.0531. The van der Waals surface area contributed by atoms with Gasteiger partial charge in [-0.3, -0.25) is 8.06 Å². The van der Waals surface area contributed by atoms with Crippen LogP contribution in [0, 0.1) is 0 Å². The predicted octanol–water partition coefficient (Wildman–Crippen LogP) is -0.510. The molecule has 21 heavy (non-hydrogen) atoms. The molecule has 0 aromatic rings. The highest BCUT2D eigenvalue weighted by molar-refractivity contribution is 7.91. The van der Waals surface area contributed by atoms with Gasteiger partial charge in [0, 0.05) is 0 Å². The lowest BCUT2D eigenvalue weighted by molar-refractivity contribution is 0.287. The van der Waals surface area contributed by atoms with Gasteiger partial charge in [-0.25, -0.2) is 12.6 Å². The van der Waals surface area contributed by atoms with Crippen LogP contribution in [0.3, 0.4) is 0 Å². The van der Waals surface area contributed by atoms with Crippen LogP contribution in [0.25, 0.3) is 0 Å². The number of sulfone groups is 1. The van der Waals surface area contributed by atoms with E-state index in [-0.39, 0.29) is 0 Å². The molecule has 0 N–H and O–H groups in total. The summed E-state index contributed by atoms with van der Waals surface area (Å²) >= 11 is 0. The maximum Gasteiger partial charge on any atom is 0.390 e. The average Bonchev–Trinajstić information content (AvgIpc) is 2.08. The molecule has 0 aromatic heterocycles. The molecule has 0 unspecified atom stereocenters. The number of hydrogen-bond donors (Lipinski definition) is 0. The van der Waals surface area contributed by atoms with E-state index in [1.807, 2.05) is 0 Å². The molecule has 0 aliphatic heterocycles. The van der Waals surface area contributed by atoms with Crippen molar-refractivity contribution in [2.45, 2.75) is 19.6 Å². The molecule has 0 saturated heterocycles. The fraction of sp³-hybridized carbons (Fsp3) is 1.00. The van der Waals surface area contributed by atoms with Crippen LogP contribution >= 0.6 is 0 Å². The van der Waals surface area contributed by atoms with Gasteiger partial charge in [-0.1, -0.05) is 0 Å². The van der Waals surface area contributed by atoms with Crippen molar-refractivity contribution in [2.24, 2.45) is 0 Å². The van der Waals surface area contributed by atoms with E-state index in [0.29, 0.717) is 0 Å². The molecule has 0 aromatic carbocycles. The summed E-state index contributed by atoms with van der Waals surface area (Å²) in [5.41, 5.74) is 0. The molecule has 13 heteroatoms. The van der Waals surface area contributed by atoms with Crippen LogP contribution < -0.4 is 0 Å². The van der Waals surface area contributed by atoms with E-state index in [2.05, 4.69) is 8.37 Å². The topological polar surface area (TPSA) is 130 Å². The predicted molar refractivity (Wildman–Crippen MR) is 78.8 cm³/mol. The van der Waals surface area contributed by atoms with Gasteiger partial charge < -0.3 is 0 Å². The van der Waals surface area contributed by atoms with E-state index in [1.54, 1.807) is 19.6 Å². The quantitative estimate of drug-likeness (QED) is 0.361. The lowest BCUT2D eigenvalue weighted by Gasteiger charge is -2.15. The molecule has 0 rings (SSSR count). The maximum absolute atomic E-state index is 11.5. The smallest absolute Gasteiger partial charge is 0.294 e. The molecule has 9 nitrogen and oxygen atoms in total. The molecule has 0 fully saturated rings. The lowest BCUT2D eigenvalue weighted by atomic mass is 10.9. The van der Waals surface area contributed by atoms with Crippen molar-refractivity contribution < 1.29 is 37.5 Å². The molecule has 0 spiro atoms. The summed E-state index contributed by atoms with van der Waals surface area (Å²) < 4.78 is 80.6. The van der Waals surface area contributed by atoms with Crippen molar-refractivity contribution in [1.29, 1.82) is 0 Å². The van der Waals surface area contributed by atoms with Crippen LogP contribution in [0.5, 0.6) is 0 Å². The molecule has 0 radical (unpaired) electrons. The van der Waals surface area contributed by atoms with Gasteiger partial charge in [-0.15, -0.1) is 0 Å². The van der Waals surface area contributed by atoms with Crippen LogP contribution in [-0.2, 0) is 42.6 Å². The van der Waals surface area contributed by atoms with Crippen molar-refractivity contribution in [2.75, 3.05) is 31.0 Å². The Morgan fingerprint density at radius 1 is 0.810 bits per heavy atom. The van der Waals surface area contributed by atoms with Crippen molar-refractivity contribution in [3.63, 3.8) is 0 Å². The SMILES string of the molecule is C[Si](C)(C)OS(=O)(=O)OCCS(=O)(=O)CCOS(C)(=O)=O. The summed E-state index contributed by atoms with van der Waals surface area (Å²) in [5, 5.41) is 0. The van der Waals surface area contributed by atoms with Gasteiger partial charge >= 0.3 is 10.4 Å². The Morgan fingerprint density at radius 2 is 1.24 bits per heavy atom. The van der Waals surface area contributed by atoms with Gasteiger partial charge in [0.25, 0.3) is 10.1 Å². The van der Waals surface area contributed by atoms with Crippen LogP contribution in [0.15, 0.2) is 0 Å². The highest BCUT2D eigenvalue weighted by atomic mass is 32.3. The van der Waals surface area contributed by atoms with Gasteiger partial charge in [-0.2, -0.15) is 16.8 Å². The molecule has 0 heterocycles. The van der Waals surface area contributed by atoms with Gasteiger partial charge in [-0.05, 0) is 19.6 Å². The minimum atomic E-state index is -4.24. The standard InChI is InChI=1S/C8H20O9S3Si/c1-18(9,10)15-5-7-19(11,12)8-6-16-20(13,14)17-21(2,3)4/h5-8H2,1-4H3. The molecule has 0 amide bonds. The van der Waals surface area contributed by atoms with Crippen LogP contribution in [0.1, 0.15) is 0 Å². The first-order chi connectivity index (χ1) is 9.12. The highest BCUT2D eigenvalue weighted by Gasteiger charge is 2.25. The lowest BCUT2D eigenvalue weighted by Crippen LogP contribution is -2.31. The summed E-state index contributed by atoms with van der Waals surface area (Å²) in [5.74, 6) is -1.15. The summed E-state index contributed by atoms with van der Waals surface area (Å²) in [7, 11) is -14.0. The molecule has 128 valence electrons. The third-order valence-corrected chi connectivity index (χ3v) is 7.11. The second kappa shape index (κ2) is 7.48. The second-order valence-corrected chi connectivity index (χ2v) is 15.0. The number of rotatable bonds is 10. The average molecular weight is 385 g/mol. The first kappa shape index (κ1) is 20.9. The monoisotopic (exact) mass is 384 g/mol. The van der Waals surface area contributed by atoms with Crippen molar-refractivity contribution >= 4 is 38.7 Å². The Balaban J connectivity index is 4.28. The molecule has 0 aliphatic rings. The van der Waals surface area contributed by atoms with E-state index in [4.69, 9.17) is 3.87 Å². The van der Waals surface area contributed by atoms with E-state index in [9.17, 15) is 25.3 Å². The first-order valence-corrected chi connectivity index (χ1v) is 14.1. The summed E-state index contributed by atoms with van der Waals surface area (Å²) in [4.78, 5) is 0. The van der Waals surface area contributed by atoms with Crippen molar-refractivity contribution in [3.05, 3.63) is 0 Å². The molecule has 0 aliphatic carbocycles. The van der Waals surface area contributed by atoms with Gasteiger partial charge in [0.1, 0.15) is 0 Å². The summed E-state index contributed by atoms with van der Waals surface area (Å²) in [6.45, 7) is 3.76. The third kappa shape index (κ3) is 13.3. The molecule has 0 atom stereocenters. The van der Waals surface area contributed by atoms with E-state index < -0.39 is 63.4 Å². The van der Waals surface area contributed by atoms with Gasteiger partial charge in [0.2, 0.25) is 8.32 Å². The van der Waals surface area contributed by atoms with Crippen molar-refractivity contribution in [3.8, 4) is 0 Å². The minimum Gasteiger partial charge on any atom is -0.294 e.